The lowest BCUT2D eigenvalue weighted by atomic mass is 10.2. The van der Waals surface area contributed by atoms with Gasteiger partial charge in [0.2, 0.25) is 5.91 Å². The third-order valence-corrected chi connectivity index (χ3v) is 2.85. The van der Waals surface area contributed by atoms with E-state index in [4.69, 9.17) is 5.11 Å². The van der Waals surface area contributed by atoms with E-state index in [1.165, 1.54) is 42.6 Å². The summed E-state index contributed by atoms with van der Waals surface area (Å²) in [6.45, 7) is 1.60. The van der Waals surface area contributed by atoms with Gasteiger partial charge in [-0.15, -0.1) is 0 Å². The smallest absolute Gasteiger partial charge is 0.339 e. The van der Waals surface area contributed by atoms with Gasteiger partial charge in [-0.25, -0.2) is 9.18 Å². The van der Waals surface area contributed by atoms with E-state index in [0.29, 0.717) is 11.3 Å². The number of aromatic carboxylic acids is 1. The van der Waals surface area contributed by atoms with Crippen molar-refractivity contribution >= 4 is 23.6 Å². The van der Waals surface area contributed by atoms with Crippen LogP contribution in [0, 0.1) is 12.7 Å². The molecule has 108 valence electrons. The second kappa shape index (κ2) is 6.04. The van der Waals surface area contributed by atoms with Gasteiger partial charge in [0.1, 0.15) is 11.4 Å². The first kappa shape index (κ1) is 14.5. The van der Waals surface area contributed by atoms with Gasteiger partial charge in [0.05, 0.1) is 5.69 Å². The Morgan fingerprint density at radius 2 is 1.95 bits per heavy atom. The minimum atomic E-state index is -1.12. The Morgan fingerprint density at radius 1 is 1.29 bits per heavy atom. The lowest BCUT2D eigenvalue weighted by Crippen LogP contribution is -2.10. The molecule has 1 heterocycles. The van der Waals surface area contributed by atoms with E-state index in [1.54, 1.807) is 6.92 Å². The number of hydrogen-bond acceptors (Lipinski definition) is 2. The molecule has 0 aliphatic heterocycles. The maximum Gasteiger partial charge on any atom is 0.339 e. The number of carboxylic acids is 1. The molecule has 2 aromatic rings. The summed E-state index contributed by atoms with van der Waals surface area (Å²) in [5.41, 5.74) is 1.35. The predicted molar refractivity (Wildman–Crippen MR) is 76.6 cm³/mol. The molecule has 6 heteroatoms. The van der Waals surface area contributed by atoms with Crippen molar-refractivity contribution in [2.24, 2.45) is 0 Å². The number of carboxylic acid groups (broad SMARTS) is 1. The van der Waals surface area contributed by atoms with Gasteiger partial charge >= 0.3 is 5.97 Å². The average molecular weight is 288 g/mol. The van der Waals surface area contributed by atoms with Crippen LogP contribution >= 0.6 is 0 Å². The highest BCUT2D eigenvalue weighted by atomic mass is 19.1. The molecule has 0 aliphatic carbocycles. The van der Waals surface area contributed by atoms with E-state index in [0.717, 1.165) is 0 Å². The summed E-state index contributed by atoms with van der Waals surface area (Å²) in [5, 5.41) is 11.5. The van der Waals surface area contributed by atoms with E-state index < -0.39 is 11.9 Å². The van der Waals surface area contributed by atoms with E-state index in [1.807, 2.05) is 0 Å². The van der Waals surface area contributed by atoms with Crippen molar-refractivity contribution in [1.29, 1.82) is 0 Å². The van der Waals surface area contributed by atoms with Gasteiger partial charge in [-0.2, -0.15) is 0 Å². The minimum Gasteiger partial charge on any atom is -0.478 e. The third-order valence-electron chi connectivity index (χ3n) is 2.85. The Balaban J connectivity index is 2.08. The number of carbonyl (C=O) groups excluding carboxylic acids is 1. The van der Waals surface area contributed by atoms with Crippen LogP contribution < -0.4 is 5.32 Å². The molecule has 0 saturated heterocycles. The Bertz CT molecular complexity index is 702. The van der Waals surface area contributed by atoms with E-state index >= 15 is 0 Å². The highest BCUT2D eigenvalue weighted by Crippen LogP contribution is 2.19. The summed E-state index contributed by atoms with van der Waals surface area (Å²) < 4.78 is 12.7. The van der Waals surface area contributed by atoms with Crippen LogP contribution in [0.4, 0.5) is 10.1 Å². The van der Waals surface area contributed by atoms with Crippen LogP contribution in [0.3, 0.4) is 0 Å². The summed E-state index contributed by atoms with van der Waals surface area (Å²) in [5.74, 6) is -1.95. The number of aromatic amines is 1. The van der Waals surface area contributed by atoms with Crippen LogP contribution in [0.5, 0.6) is 0 Å². The van der Waals surface area contributed by atoms with Crippen molar-refractivity contribution in [3.8, 4) is 0 Å². The van der Waals surface area contributed by atoms with Crippen LogP contribution in [0.2, 0.25) is 0 Å². The number of aromatic nitrogens is 1. The zero-order valence-electron chi connectivity index (χ0n) is 11.2. The first-order chi connectivity index (χ1) is 9.97. The molecule has 0 aliphatic rings. The zero-order chi connectivity index (χ0) is 15.4. The molecule has 5 nitrogen and oxygen atoms in total. The van der Waals surface area contributed by atoms with Crippen LogP contribution in [-0.2, 0) is 4.79 Å². The SMILES string of the molecule is Cc1[nH]cc(NC(=O)/C=C/c2ccc(F)cc2)c1C(=O)O. The number of halogens is 1. The van der Waals surface area contributed by atoms with Gasteiger partial charge in [0.25, 0.3) is 0 Å². The van der Waals surface area contributed by atoms with Gasteiger partial charge in [0.15, 0.2) is 0 Å². The monoisotopic (exact) mass is 288 g/mol. The molecule has 1 aromatic heterocycles. The number of rotatable bonds is 4. The first-order valence-corrected chi connectivity index (χ1v) is 6.13. The molecule has 0 saturated carbocycles. The number of anilines is 1. The number of carbonyl (C=O) groups is 2. The largest absolute Gasteiger partial charge is 0.478 e. The van der Waals surface area contributed by atoms with Crippen LogP contribution in [0.1, 0.15) is 21.6 Å². The molecular weight excluding hydrogens is 275 g/mol. The molecule has 1 aromatic carbocycles. The van der Waals surface area contributed by atoms with Crippen molar-refractivity contribution in [3.63, 3.8) is 0 Å². The number of H-pyrrole nitrogens is 1. The quantitative estimate of drug-likeness (QED) is 0.756. The van der Waals surface area contributed by atoms with E-state index in [-0.39, 0.29) is 17.1 Å². The standard InChI is InChI=1S/C15H13FN2O3/c1-9-14(15(20)21)12(8-17-9)18-13(19)7-4-10-2-5-11(16)6-3-10/h2-8,17H,1H3,(H,18,19)(H,20,21)/b7-4+. The number of hydrogen-bond donors (Lipinski definition) is 3. The van der Waals surface area contributed by atoms with Crippen molar-refractivity contribution in [3.05, 3.63) is 59.2 Å². The summed E-state index contributed by atoms with van der Waals surface area (Å²) in [6, 6.07) is 5.63. The van der Waals surface area contributed by atoms with E-state index in [2.05, 4.69) is 10.3 Å². The molecule has 3 N–H and O–H groups in total. The van der Waals surface area contributed by atoms with Gasteiger partial charge in [-0.05, 0) is 30.7 Å². The Kier molecular flexibility index (Phi) is 4.18. The number of benzene rings is 1. The lowest BCUT2D eigenvalue weighted by Gasteiger charge is -2.01. The molecule has 0 atom stereocenters. The lowest BCUT2D eigenvalue weighted by molar-refractivity contribution is -0.111. The minimum absolute atomic E-state index is 0.0264. The predicted octanol–water partition coefficient (Wildman–Crippen LogP) is 2.81. The Morgan fingerprint density at radius 3 is 2.57 bits per heavy atom. The summed E-state index contributed by atoms with van der Waals surface area (Å²) in [6.07, 6.45) is 4.18. The average Bonchev–Trinajstić information content (AvgIpc) is 2.79. The van der Waals surface area contributed by atoms with Crippen molar-refractivity contribution < 1.29 is 19.1 Å². The van der Waals surface area contributed by atoms with Crippen LogP contribution in [0.25, 0.3) is 6.08 Å². The van der Waals surface area contributed by atoms with Gasteiger partial charge in [0, 0.05) is 18.0 Å². The highest BCUT2D eigenvalue weighted by molar-refractivity contribution is 6.06. The molecule has 0 spiro atoms. The molecule has 0 bridgehead atoms. The fraction of sp³-hybridized carbons (Fsp3) is 0.0667. The van der Waals surface area contributed by atoms with Crippen molar-refractivity contribution in [1.82, 2.24) is 4.98 Å². The zero-order valence-corrected chi connectivity index (χ0v) is 11.2. The molecular formula is C15H13FN2O3. The second-order valence-electron chi connectivity index (χ2n) is 4.38. The molecule has 21 heavy (non-hydrogen) atoms. The van der Waals surface area contributed by atoms with Crippen molar-refractivity contribution in [2.45, 2.75) is 6.92 Å². The molecule has 0 unspecified atom stereocenters. The first-order valence-electron chi connectivity index (χ1n) is 6.13. The molecule has 1 amide bonds. The summed E-state index contributed by atoms with van der Waals surface area (Å²) >= 11 is 0. The fourth-order valence-corrected chi connectivity index (χ4v) is 1.82. The number of amides is 1. The van der Waals surface area contributed by atoms with Crippen LogP contribution in [-0.4, -0.2) is 22.0 Å². The van der Waals surface area contributed by atoms with Crippen LogP contribution in [0.15, 0.2) is 36.5 Å². The topological polar surface area (TPSA) is 82.2 Å². The maximum absolute atomic E-state index is 12.7. The van der Waals surface area contributed by atoms with E-state index in [9.17, 15) is 14.0 Å². The fourth-order valence-electron chi connectivity index (χ4n) is 1.82. The highest BCUT2D eigenvalue weighted by Gasteiger charge is 2.16. The number of nitrogens with one attached hydrogen (secondary N) is 2. The van der Waals surface area contributed by atoms with Gasteiger partial charge in [-0.1, -0.05) is 12.1 Å². The van der Waals surface area contributed by atoms with Gasteiger partial charge < -0.3 is 15.4 Å². The maximum atomic E-state index is 12.7. The molecule has 2 rings (SSSR count). The number of aryl methyl sites for hydroxylation is 1. The normalized spacial score (nSPS) is 10.8. The molecule has 0 fully saturated rings. The molecule has 0 radical (unpaired) electrons. The summed E-state index contributed by atoms with van der Waals surface area (Å²) in [4.78, 5) is 25.6. The Labute approximate surface area is 120 Å². The van der Waals surface area contributed by atoms with Gasteiger partial charge in [-0.3, -0.25) is 4.79 Å². The summed E-state index contributed by atoms with van der Waals surface area (Å²) in [7, 11) is 0. The van der Waals surface area contributed by atoms with Crippen molar-refractivity contribution in [2.75, 3.05) is 5.32 Å². The second-order valence-corrected chi connectivity index (χ2v) is 4.38. The Hall–Kier alpha value is -2.89. The third kappa shape index (κ3) is 3.56.